The number of piperazine rings is 1. The number of carbonyl (C=O) groups excluding carboxylic acids is 4. The molecule has 0 spiro atoms. The number of nitrogens with zero attached hydrogens (tertiary/aromatic N) is 2. The molecule has 0 bridgehead atoms. The largest absolute Gasteiger partial charge is 0.490 e. The third kappa shape index (κ3) is 10.0. The van der Waals surface area contributed by atoms with Crippen LogP contribution < -0.4 is 15.4 Å². The monoisotopic (exact) mass is 606 g/mol. The number of rotatable bonds is 20. The summed E-state index contributed by atoms with van der Waals surface area (Å²) in [6.45, 7) is 10.1. The summed E-state index contributed by atoms with van der Waals surface area (Å²) in [5, 5.41) is 5.52. The Kier molecular flexibility index (Phi) is 13.8. The van der Waals surface area contributed by atoms with Crippen LogP contribution in [0.1, 0.15) is 33.6 Å². The summed E-state index contributed by atoms with van der Waals surface area (Å²) < 4.78 is 33.3. The number of benzene rings is 1. The zero-order valence-electron chi connectivity index (χ0n) is 24.5. The lowest BCUT2D eigenvalue weighted by atomic mass is 10.0. The van der Waals surface area contributed by atoms with Crippen LogP contribution in [0, 0.1) is 0 Å². The molecule has 1 atom stereocenters. The molecule has 43 heavy (non-hydrogen) atoms. The molecule has 1 aromatic rings. The van der Waals surface area contributed by atoms with E-state index in [1.165, 1.54) is 6.07 Å². The Labute approximate surface area is 251 Å². The Balaban J connectivity index is 0.976. The van der Waals surface area contributed by atoms with Crippen LogP contribution in [0.4, 0.5) is 0 Å². The number of hydrogen-bond donors (Lipinski definition) is 2. The highest BCUT2D eigenvalue weighted by Crippen LogP contribution is 2.33. The van der Waals surface area contributed by atoms with Crippen molar-refractivity contribution in [1.82, 2.24) is 20.4 Å². The highest BCUT2D eigenvalue weighted by molar-refractivity contribution is 6.24. The van der Waals surface area contributed by atoms with E-state index < -0.39 is 29.7 Å². The van der Waals surface area contributed by atoms with Crippen molar-refractivity contribution < 1.29 is 47.6 Å². The lowest BCUT2D eigenvalue weighted by molar-refractivity contribution is -0.136. The van der Waals surface area contributed by atoms with E-state index in [0.29, 0.717) is 52.9 Å². The van der Waals surface area contributed by atoms with Gasteiger partial charge in [-0.3, -0.25) is 34.3 Å². The highest BCUT2D eigenvalue weighted by Gasteiger charge is 2.46. The molecule has 0 saturated carbocycles. The Morgan fingerprint density at radius 3 is 1.91 bits per heavy atom. The van der Waals surface area contributed by atoms with E-state index in [2.05, 4.69) is 15.5 Å². The molecule has 3 heterocycles. The Bertz CT molecular complexity index is 1080. The average molecular weight is 607 g/mol. The molecule has 4 amide bonds. The van der Waals surface area contributed by atoms with E-state index in [1.54, 1.807) is 12.1 Å². The maximum atomic E-state index is 13.1. The van der Waals surface area contributed by atoms with Gasteiger partial charge in [0.2, 0.25) is 11.8 Å². The normalized spacial score (nSPS) is 19.2. The summed E-state index contributed by atoms with van der Waals surface area (Å²) in [6, 6.07) is 3.70. The third-order valence-electron chi connectivity index (χ3n) is 7.16. The molecule has 0 radical (unpaired) electrons. The highest BCUT2D eigenvalue weighted by atomic mass is 16.6. The van der Waals surface area contributed by atoms with Crippen LogP contribution >= 0.6 is 0 Å². The van der Waals surface area contributed by atoms with Crippen LogP contribution in [-0.4, -0.2) is 145 Å². The zero-order chi connectivity index (χ0) is 30.3. The number of imide groups is 2. The summed E-state index contributed by atoms with van der Waals surface area (Å²) in [5.41, 5.74) is 0.279. The molecule has 0 aliphatic carbocycles. The van der Waals surface area contributed by atoms with E-state index >= 15 is 0 Å². The topological polar surface area (TPSA) is 154 Å². The SMILES string of the molecule is O=C1CCC(N2C(=O)c3cccc(OCCOCCOCCOCCOCCOCCN4CCNCC4)c3C2=O)C(=O)N1. The fourth-order valence-electron chi connectivity index (χ4n) is 4.92. The van der Waals surface area contributed by atoms with Gasteiger partial charge in [0, 0.05) is 39.1 Å². The Morgan fingerprint density at radius 2 is 1.30 bits per heavy atom. The van der Waals surface area contributed by atoms with Crippen LogP contribution in [0.25, 0.3) is 0 Å². The molecule has 238 valence electrons. The summed E-state index contributed by atoms with van der Waals surface area (Å²) in [7, 11) is 0. The molecule has 3 aliphatic rings. The molecule has 4 rings (SSSR count). The second kappa shape index (κ2) is 18.0. The fraction of sp³-hybridized carbons (Fsp3) is 0.655. The van der Waals surface area contributed by atoms with E-state index in [0.717, 1.165) is 44.2 Å². The molecule has 0 aromatic heterocycles. The number of amides is 4. The lowest BCUT2D eigenvalue weighted by Gasteiger charge is -2.27. The van der Waals surface area contributed by atoms with Gasteiger partial charge < -0.3 is 33.7 Å². The summed E-state index contributed by atoms with van der Waals surface area (Å²) >= 11 is 0. The van der Waals surface area contributed by atoms with Gasteiger partial charge in [0.25, 0.3) is 11.8 Å². The number of ether oxygens (including phenoxy) is 6. The van der Waals surface area contributed by atoms with Gasteiger partial charge in [-0.2, -0.15) is 0 Å². The average Bonchev–Trinajstić information content (AvgIpc) is 3.27. The van der Waals surface area contributed by atoms with Crippen LogP contribution in [0.15, 0.2) is 18.2 Å². The quantitative estimate of drug-likeness (QED) is 0.145. The van der Waals surface area contributed by atoms with Crippen LogP contribution in [0.3, 0.4) is 0 Å². The molecule has 14 nitrogen and oxygen atoms in total. The van der Waals surface area contributed by atoms with E-state index in [-0.39, 0.29) is 42.9 Å². The standard InChI is InChI=1S/C29H42N4O10/c34-25-5-4-23(27(35)31-25)33-28(36)22-2-1-3-24(26(22)29(33)37)43-21-20-42-19-18-41-17-16-40-15-14-39-13-12-38-11-10-32-8-6-30-7-9-32/h1-3,23,30H,4-21H2,(H,31,34,35). The van der Waals surface area contributed by atoms with E-state index in [9.17, 15) is 19.2 Å². The zero-order valence-corrected chi connectivity index (χ0v) is 24.5. The van der Waals surface area contributed by atoms with Gasteiger partial charge in [-0.25, -0.2) is 0 Å². The van der Waals surface area contributed by atoms with Gasteiger partial charge in [-0.15, -0.1) is 0 Å². The van der Waals surface area contributed by atoms with E-state index in [1.807, 2.05) is 0 Å². The van der Waals surface area contributed by atoms with E-state index in [4.69, 9.17) is 28.4 Å². The first-order valence-corrected chi connectivity index (χ1v) is 14.9. The molecule has 2 fully saturated rings. The summed E-state index contributed by atoms with van der Waals surface area (Å²) in [4.78, 5) is 53.0. The minimum absolute atomic E-state index is 0.0600. The first-order chi connectivity index (χ1) is 21.1. The number of piperidine rings is 1. The summed E-state index contributed by atoms with van der Waals surface area (Å²) in [5.74, 6) is -2.02. The second-order valence-corrected chi connectivity index (χ2v) is 10.1. The summed E-state index contributed by atoms with van der Waals surface area (Å²) in [6.07, 6.45) is 0.154. The van der Waals surface area contributed by atoms with Crippen molar-refractivity contribution in [2.24, 2.45) is 0 Å². The van der Waals surface area contributed by atoms with Crippen molar-refractivity contribution in [2.75, 3.05) is 105 Å². The van der Waals surface area contributed by atoms with Crippen molar-refractivity contribution >= 4 is 23.6 Å². The van der Waals surface area contributed by atoms with Crippen LogP contribution in [0.5, 0.6) is 5.75 Å². The van der Waals surface area contributed by atoms with Gasteiger partial charge in [0.15, 0.2) is 0 Å². The Morgan fingerprint density at radius 1 is 0.721 bits per heavy atom. The van der Waals surface area contributed by atoms with Gasteiger partial charge in [0.1, 0.15) is 18.4 Å². The van der Waals surface area contributed by atoms with Crippen molar-refractivity contribution in [1.29, 1.82) is 0 Å². The second-order valence-electron chi connectivity index (χ2n) is 10.1. The molecule has 1 aromatic carbocycles. The first kappa shape index (κ1) is 32.9. The number of fused-ring (bicyclic) bond motifs is 1. The maximum Gasteiger partial charge on any atom is 0.266 e. The van der Waals surface area contributed by atoms with Gasteiger partial charge in [-0.05, 0) is 18.6 Å². The number of hydrogen-bond acceptors (Lipinski definition) is 12. The minimum Gasteiger partial charge on any atom is -0.490 e. The molecule has 1 unspecified atom stereocenters. The molecule has 14 heteroatoms. The molecular formula is C29H42N4O10. The molecular weight excluding hydrogens is 564 g/mol. The predicted molar refractivity (Wildman–Crippen MR) is 152 cm³/mol. The maximum absolute atomic E-state index is 13.1. The number of carbonyl (C=O) groups is 4. The smallest absolute Gasteiger partial charge is 0.266 e. The third-order valence-corrected chi connectivity index (χ3v) is 7.16. The molecule has 3 aliphatic heterocycles. The van der Waals surface area contributed by atoms with Crippen molar-refractivity contribution in [3.63, 3.8) is 0 Å². The van der Waals surface area contributed by atoms with Crippen molar-refractivity contribution in [3.05, 3.63) is 29.3 Å². The molecule has 2 N–H and O–H groups in total. The number of nitrogens with one attached hydrogen (secondary N) is 2. The minimum atomic E-state index is -1.03. The van der Waals surface area contributed by atoms with Gasteiger partial charge in [0.05, 0.1) is 77.2 Å². The Hall–Kier alpha value is -2.98. The van der Waals surface area contributed by atoms with Crippen molar-refractivity contribution in [3.8, 4) is 5.75 Å². The van der Waals surface area contributed by atoms with Gasteiger partial charge >= 0.3 is 0 Å². The van der Waals surface area contributed by atoms with Crippen LogP contribution in [-0.2, 0) is 33.3 Å². The fourth-order valence-corrected chi connectivity index (χ4v) is 4.92. The van der Waals surface area contributed by atoms with Crippen molar-refractivity contribution in [2.45, 2.75) is 18.9 Å². The molecule has 2 saturated heterocycles. The first-order valence-electron chi connectivity index (χ1n) is 14.9. The van der Waals surface area contributed by atoms with Gasteiger partial charge in [-0.1, -0.05) is 6.07 Å². The van der Waals surface area contributed by atoms with Crippen LogP contribution in [0.2, 0.25) is 0 Å². The lowest BCUT2D eigenvalue weighted by Crippen LogP contribution is -2.54. The predicted octanol–water partition coefficient (Wildman–Crippen LogP) is -0.545.